The van der Waals surface area contributed by atoms with E-state index in [0.29, 0.717) is 0 Å². The van der Waals surface area contributed by atoms with Crippen LogP contribution in [0.1, 0.15) is 54.4 Å². The van der Waals surface area contributed by atoms with Gasteiger partial charge in [0.25, 0.3) is 0 Å². The molecular weight excluding hydrogens is 258 g/mol. The molecule has 0 saturated heterocycles. The quantitative estimate of drug-likeness (QED) is 0.597. The molecule has 0 unspecified atom stereocenters. The molecule has 0 bridgehead atoms. The Hall–Kier alpha value is -0.710. The molecule has 0 spiro atoms. The summed E-state index contributed by atoms with van der Waals surface area (Å²) < 4.78 is 0. The van der Waals surface area contributed by atoms with Gasteiger partial charge in [0.1, 0.15) is 0 Å². The lowest BCUT2D eigenvalue weighted by atomic mass is 10.2. The van der Waals surface area contributed by atoms with Gasteiger partial charge in [-0.05, 0) is 40.5 Å². The highest BCUT2D eigenvalue weighted by Crippen LogP contribution is 2.09. The van der Waals surface area contributed by atoms with Gasteiger partial charge in [0, 0.05) is 24.4 Å². The van der Waals surface area contributed by atoms with Gasteiger partial charge in [-0.1, -0.05) is 25.6 Å². The number of aliphatic imine (C=N–C) groups is 1. The molecule has 19 heavy (non-hydrogen) atoms. The molecule has 0 aliphatic carbocycles. The molecule has 5 heteroatoms. The lowest BCUT2D eigenvalue weighted by Crippen LogP contribution is -2.49. The number of carbonyl (C=O) groups is 1. The van der Waals surface area contributed by atoms with Gasteiger partial charge in [-0.25, -0.2) is 4.79 Å². The van der Waals surface area contributed by atoms with E-state index in [1.807, 2.05) is 32.6 Å². The van der Waals surface area contributed by atoms with E-state index < -0.39 is 0 Å². The molecule has 0 aromatic rings. The topological polar surface area (TPSA) is 44.7 Å². The van der Waals surface area contributed by atoms with Crippen LogP contribution >= 0.6 is 11.8 Å². The fourth-order valence-electron chi connectivity index (χ4n) is 1.75. The first-order valence-corrected chi connectivity index (χ1v) is 8.19. The van der Waals surface area contributed by atoms with Crippen LogP contribution < -0.4 is 5.32 Å². The summed E-state index contributed by atoms with van der Waals surface area (Å²) in [6, 6.07) is 0.315. The van der Waals surface area contributed by atoms with Crippen molar-refractivity contribution in [3.8, 4) is 0 Å². The van der Waals surface area contributed by atoms with Gasteiger partial charge < -0.3 is 4.90 Å². The highest BCUT2D eigenvalue weighted by Gasteiger charge is 2.21. The van der Waals surface area contributed by atoms with Crippen LogP contribution in [-0.2, 0) is 0 Å². The summed E-state index contributed by atoms with van der Waals surface area (Å²) in [5.74, 6) is 0.978. The van der Waals surface area contributed by atoms with Crippen LogP contribution in [-0.4, -0.2) is 40.5 Å². The van der Waals surface area contributed by atoms with Crippen molar-refractivity contribution in [2.24, 2.45) is 4.99 Å². The van der Waals surface area contributed by atoms with Crippen molar-refractivity contribution in [2.45, 2.75) is 66.5 Å². The summed E-state index contributed by atoms with van der Waals surface area (Å²) in [5.41, 5.74) is 0. The molecule has 0 aliphatic rings. The van der Waals surface area contributed by atoms with E-state index in [1.54, 1.807) is 11.8 Å². The van der Waals surface area contributed by atoms with Gasteiger partial charge in [-0.3, -0.25) is 10.3 Å². The highest BCUT2D eigenvalue weighted by molar-refractivity contribution is 8.13. The number of carbonyl (C=O) groups excluding carboxylic acids is 1. The summed E-state index contributed by atoms with van der Waals surface area (Å²) in [6.45, 7) is 13.1. The van der Waals surface area contributed by atoms with Gasteiger partial charge in [-0.15, -0.1) is 0 Å². The first-order chi connectivity index (χ1) is 8.93. The predicted molar refractivity (Wildman–Crippen MR) is 86.0 cm³/mol. The average molecular weight is 287 g/mol. The first kappa shape index (κ1) is 18.3. The summed E-state index contributed by atoms with van der Waals surface area (Å²) in [4.78, 5) is 18.6. The van der Waals surface area contributed by atoms with E-state index >= 15 is 0 Å². The van der Waals surface area contributed by atoms with E-state index in [2.05, 4.69) is 24.2 Å². The van der Waals surface area contributed by atoms with Crippen molar-refractivity contribution in [3.63, 3.8) is 0 Å². The number of amides is 2. The Morgan fingerprint density at radius 1 is 1.16 bits per heavy atom. The van der Waals surface area contributed by atoms with Gasteiger partial charge in [-0.2, -0.15) is 0 Å². The fourth-order valence-corrected chi connectivity index (χ4v) is 2.49. The lowest BCUT2D eigenvalue weighted by Gasteiger charge is -2.30. The van der Waals surface area contributed by atoms with Crippen molar-refractivity contribution >= 4 is 23.0 Å². The molecule has 0 aliphatic heterocycles. The molecule has 0 rings (SSSR count). The zero-order chi connectivity index (χ0) is 14.8. The summed E-state index contributed by atoms with van der Waals surface area (Å²) >= 11 is 1.62. The largest absolute Gasteiger partial charge is 0.323 e. The maximum atomic E-state index is 12.3. The molecular formula is C14H29N3OS. The smallest absolute Gasteiger partial charge is 0.320 e. The highest BCUT2D eigenvalue weighted by atomic mass is 32.2. The van der Waals surface area contributed by atoms with Crippen LogP contribution in [0.25, 0.3) is 0 Å². The maximum Gasteiger partial charge on any atom is 0.323 e. The zero-order valence-corrected chi connectivity index (χ0v) is 14.0. The number of nitrogens with one attached hydrogen (secondary N) is 1. The summed E-state index contributed by atoms with van der Waals surface area (Å²) in [7, 11) is 0. The van der Waals surface area contributed by atoms with Crippen LogP contribution in [0, 0.1) is 0 Å². The molecule has 2 amide bonds. The van der Waals surface area contributed by atoms with Crippen molar-refractivity contribution in [1.29, 1.82) is 0 Å². The minimum Gasteiger partial charge on any atom is -0.320 e. The van der Waals surface area contributed by atoms with Crippen LogP contribution in [0.3, 0.4) is 0 Å². The predicted octanol–water partition coefficient (Wildman–Crippen LogP) is 3.72. The van der Waals surface area contributed by atoms with Gasteiger partial charge in [0.2, 0.25) is 0 Å². The van der Waals surface area contributed by atoms with E-state index in [4.69, 9.17) is 0 Å². The van der Waals surface area contributed by atoms with Crippen LogP contribution in [0.4, 0.5) is 4.79 Å². The molecule has 1 N–H and O–H groups in total. The Balaban J connectivity index is 4.67. The number of nitrogens with zero attached hydrogens (tertiary/aromatic N) is 2. The number of urea groups is 1. The van der Waals surface area contributed by atoms with Crippen molar-refractivity contribution in [3.05, 3.63) is 0 Å². The molecule has 0 saturated carbocycles. The Morgan fingerprint density at radius 2 is 1.74 bits per heavy atom. The number of rotatable bonds is 6. The first-order valence-electron chi connectivity index (χ1n) is 7.20. The molecule has 0 atom stereocenters. The minimum absolute atomic E-state index is 0.0524. The summed E-state index contributed by atoms with van der Waals surface area (Å²) in [5, 5.41) is 3.70. The SMILES string of the molecule is CCCN=C(NC(=O)N(C(C)C)C(C)C)SCCC. The zero-order valence-electron chi connectivity index (χ0n) is 13.2. The minimum atomic E-state index is -0.0524. The Kier molecular flexibility index (Phi) is 9.74. The Morgan fingerprint density at radius 3 is 2.16 bits per heavy atom. The fraction of sp³-hybridized carbons (Fsp3) is 0.857. The van der Waals surface area contributed by atoms with Crippen LogP contribution in [0.2, 0.25) is 0 Å². The Labute approximate surface area is 122 Å². The van der Waals surface area contributed by atoms with E-state index in [1.165, 1.54) is 0 Å². The second-order valence-corrected chi connectivity index (χ2v) is 6.14. The third-order valence-corrected chi connectivity index (χ3v) is 3.60. The van der Waals surface area contributed by atoms with Crippen LogP contribution in [0.15, 0.2) is 4.99 Å². The number of amidine groups is 1. The monoisotopic (exact) mass is 287 g/mol. The normalized spacial score (nSPS) is 12.1. The molecule has 112 valence electrons. The second kappa shape index (κ2) is 10.1. The van der Waals surface area contributed by atoms with Gasteiger partial charge in [0.05, 0.1) is 0 Å². The average Bonchev–Trinajstić information content (AvgIpc) is 2.31. The third-order valence-electron chi connectivity index (χ3n) is 2.48. The van der Waals surface area contributed by atoms with Crippen LogP contribution in [0.5, 0.6) is 0 Å². The van der Waals surface area contributed by atoms with E-state index in [0.717, 1.165) is 30.3 Å². The second-order valence-electron chi connectivity index (χ2n) is 5.06. The van der Waals surface area contributed by atoms with Crippen molar-refractivity contribution in [1.82, 2.24) is 10.2 Å². The molecule has 4 nitrogen and oxygen atoms in total. The Bertz CT molecular complexity index is 282. The lowest BCUT2D eigenvalue weighted by molar-refractivity contribution is 0.170. The number of thioether (sulfide) groups is 1. The molecule has 0 radical (unpaired) electrons. The van der Waals surface area contributed by atoms with Crippen molar-refractivity contribution in [2.75, 3.05) is 12.3 Å². The third kappa shape index (κ3) is 7.45. The molecule has 0 aromatic carbocycles. The van der Waals surface area contributed by atoms with Gasteiger partial charge >= 0.3 is 6.03 Å². The standard InChI is InChI=1S/C14H29N3OS/c1-7-9-15-13(19-10-8-2)16-14(18)17(11(3)4)12(5)6/h11-12H,7-10H2,1-6H3,(H,15,16,18). The summed E-state index contributed by atoms with van der Waals surface area (Å²) in [6.07, 6.45) is 2.06. The number of hydrogen-bond acceptors (Lipinski definition) is 3. The van der Waals surface area contributed by atoms with Gasteiger partial charge in [0.15, 0.2) is 5.17 Å². The van der Waals surface area contributed by atoms with E-state index in [9.17, 15) is 4.79 Å². The molecule has 0 aromatic heterocycles. The number of hydrogen-bond donors (Lipinski definition) is 1. The molecule has 0 fully saturated rings. The maximum absolute atomic E-state index is 12.3. The molecule has 0 heterocycles. The van der Waals surface area contributed by atoms with E-state index in [-0.39, 0.29) is 18.1 Å². The van der Waals surface area contributed by atoms with Crippen molar-refractivity contribution < 1.29 is 4.79 Å².